The van der Waals surface area contributed by atoms with Crippen LogP contribution in [0.4, 0.5) is 20.4 Å². The van der Waals surface area contributed by atoms with Crippen LogP contribution < -0.4 is 10.0 Å². The van der Waals surface area contributed by atoms with Gasteiger partial charge in [0.2, 0.25) is 0 Å². The lowest BCUT2D eigenvalue weighted by Crippen LogP contribution is -2.26. The van der Waals surface area contributed by atoms with E-state index in [1.165, 1.54) is 46.4 Å². The van der Waals surface area contributed by atoms with Gasteiger partial charge < -0.3 is 0 Å². The summed E-state index contributed by atoms with van der Waals surface area (Å²) in [5.41, 5.74) is 6.17. The molecule has 0 unspecified atom stereocenters. The van der Waals surface area contributed by atoms with Gasteiger partial charge in [-0.1, -0.05) is 158 Å². The van der Waals surface area contributed by atoms with Gasteiger partial charge in [0.25, 0.3) is 11.8 Å². The van der Waals surface area contributed by atoms with E-state index >= 15 is 0 Å². The number of rotatable bonds is 12. The minimum absolute atomic E-state index is 0.330. The Kier molecular flexibility index (Phi) is 15.0. The number of anilines is 2. The molecule has 0 atom stereocenters. The van der Waals surface area contributed by atoms with Gasteiger partial charge in [-0.3, -0.25) is 9.59 Å². The van der Waals surface area contributed by atoms with Gasteiger partial charge in [0.1, 0.15) is 11.6 Å². The van der Waals surface area contributed by atoms with Gasteiger partial charge in [-0.2, -0.15) is 20.2 Å². The molecule has 0 aliphatic heterocycles. The number of nitrogens with zero attached hydrogens (tertiary/aromatic N) is 6. The molecule has 0 N–H and O–H groups in total. The first-order chi connectivity index (χ1) is 31.4. The van der Waals surface area contributed by atoms with Gasteiger partial charge >= 0.3 is 0 Å². The first-order valence-corrected chi connectivity index (χ1v) is 20.2. The van der Waals surface area contributed by atoms with Crippen LogP contribution in [0, 0.1) is 11.6 Å². The van der Waals surface area contributed by atoms with Crippen LogP contribution in [-0.4, -0.2) is 33.2 Å². The lowest BCUT2D eigenvalue weighted by Gasteiger charge is -2.17. The largest absolute Gasteiger partial charge is 0.272 e. The van der Waals surface area contributed by atoms with Gasteiger partial charge in [-0.05, 0) is 71.8 Å². The molecule has 2 amide bonds. The maximum atomic E-state index is 13.2. The Morgan fingerprint density at radius 2 is 0.688 bits per heavy atom. The van der Waals surface area contributed by atoms with Crippen molar-refractivity contribution in [1.82, 2.24) is 9.97 Å². The van der Waals surface area contributed by atoms with Crippen molar-refractivity contribution in [3.05, 3.63) is 276 Å². The smallest absolute Gasteiger partial charge is 0.267 e. The highest BCUT2D eigenvalue weighted by Crippen LogP contribution is 2.20. The third-order valence-electron chi connectivity index (χ3n) is 9.32. The highest BCUT2D eigenvalue weighted by Gasteiger charge is 2.19. The molecule has 0 saturated heterocycles. The molecule has 6 aromatic carbocycles. The summed E-state index contributed by atoms with van der Waals surface area (Å²) >= 11 is 0. The number of hydrazone groups is 2. The molecular formula is C54H40F2N6O2. The van der Waals surface area contributed by atoms with Gasteiger partial charge in [-0.25, -0.2) is 18.7 Å². The second kappa shape index (κ2) is 22.2. The highest BCUT2D eigenvalue weighted by molar-refractivity contribution is 6.16. The Balaban J connectivity index is 0.000000191. The van der Waals surface area contributed by atoms with Gasteiger partial charge in [0, 0.05) is 46.8 Å². The summed E-state index contributed by atoms with van der Waals surface area (Å²) in [5, 5.41) is 12.0. The van der Waals surface area contributed by atoms with Crippen LogP contribution in [0.3, 0.4) is 0 Å². The van der Waals surface area contributed by atoms with Gasteiger partial charge in [0.15, 0.2) is 11.6 Å². The van der Waals surface area contributed by atoms with Crippen molar-refractivity contribution in [2.24, 2.45) is 10.2 Å². The molecule has 10 heteroatoms. The molecule has 0 saturated carbocycles. The van der Waals surface area contributed by atoms with E-state index in [9.17, 15) is 18.4 Å². The molecule has 0 bridgehead atoms. The Labute approximate surface area is 370 Å². The molecule has 2 aromatic heterocycles. The van der Waals surface area contributed by atoms with E-state index < -0.39 is 0 Å². The van der Waals surface area contributed by atoms with E-state index in [-0.39, 0.29) is 23.4 Å². The molecule has 8 aromatic rings. The van der Waals surface area contributed by atoms with E-state index in [1.807, 2.05) is 121 Å². The topological polar surface area (TPSA) is 91.1 Å². The minimum atomic E-state index is -0.377. The summed E-state index contributed by atoms with van der Waals surface area (Å²) in [7, 11) is 0. The van der Waals surface area contributed by atoms with Crippen molar-refractivity contribution >= 4 is 47.0 Å². The Hall–Kier alpha value is -8.76. The second-order valence-corrected chi connectivity index (χ2v) is 13.8. The third-order valence-corrected chi connectivity index (χ3v) is 9.32. The number of halogens is 2. The second-order valence-electron chi connectivity index (χ2n) is 13.8. The lowest BCUT2D eigenvalue weighted by molar-refractivity contribution is -0.115. The molecule has 0 radical (unpaired) electrons. The zero-order valence-corrected chi connectivity index (χ0v) is 34.3. The number of carbonyl (C=O) groups is 2. The molecule has 8 nitrogen and oxygen atoms in total. The summed E-state index contributed by atoms with van der Waals surface area (Å²) in [6.45, 7) is 0. The maximum absolute atomic E-state index is 13.2. The van der Waals surface area contributed by atoms with Crippen molar-refractivity contribution in [3.63, 3.8) is 0 Å². The number of aromatic nitrogens is 2. The summed E-state index contributed by atoms with van der Waals surface area (Å²) in [5.74, 6) is -0.627. The van der Waals surface area contributed by atoms with Crippen LogP contribution >= 0.6 is 0 Å². The SMILES string of the molecule is O=C(/C=C/c1ccc(F)cc1)N(N=C(c1ccccc1)c1ccccc1)c1ccccn1.O=C(/C=C/c1ccc(F)cc1)N(N=C(c1ccccc1)c1ccccc1)c1ccccn1. The fraction of sp³-hybridized carbons (Fsp3) is 0. The summed E-state index contributed by atoms with van der Waals surface area (Å²) in [4.78, 5) is 35.0. The van der Waals surface area contributed by atoms with Crippen LogP contribution in [0.25, 0.3) is 12.2 Å². The molecule has 0 aliphatic rings. The molecule has 0 spiro atoms. The quantitative estimate of drug-likeness (QED) is 0.0696. The number of amides is 2. The molecular weight excluding hydrogens is 803 g/mol. The number of pyridine rings is 2. The van der Waals surface area contributed by atoms with Gasteiger partial charge in [-0.15, -0.1) is 0 Å². The van der Waals surface area contributed by atoms with Crippen LogP contribution in [0.5, 0.6) is 0 Å². The molecule has 312 valence electrons. The molecule has 64 heavy (non-hydrogen) atoms. The average Bonchev–Trinajstić information content (AvgIpc) is 3.36. The predicted octanol–water partition coefficient (Wildman–Crippen LogP) is 11.4. The first-order valence-electron chi connectivity index (χ1n) is 20.2. The lowest BCUT2D eigenvalue weighted by atomic mass is 10.0. The molecule has 2 heterocycles. The summed E-state index contributed by atoms with van der Waals surface area (Å²) < 4.78 is 26.4. The van der Waals surface area contributed by atoms with Crippen molar-refractivity contribution in [2.75, 3.05) is 10.0 Å². The Morgan fingerprint density at radius 1 is 0.391 bits per heavy atom. The number of benzene rings is 6. The normalized spacial score (nSPS) is 10.7. The summed E-state index contributed by atoms with van der Waals surface area (Å²) in [6, 6.07) is 61.1. The molecule has 0 fully saturated rings. The van der Waals surface area contributed by atoms with E-state index in [4.69, 9.17) is 10.2 Å². The Bertz CT molecular complexity index is 2560. The van der Waals surface area contributed by atoms with E-state index in [0.717, 1.165) is 22.3 Å². The van der Waals surface area contributed by atoms with Crippen molar-refractivity contribution < 1.29 is 18.4 Å². The number of hydrogen-bond acceptors (Lipinski definition) is 6. The highest BCUT2D eigenvalue weighted by atomic mass is 19.1. The van der Waals surface area contributed by atoms with Gasteiger partial charge in [0.05, 0.1) is 11.4 Å². The monoisotopic (exact) mass is 842 g/mol. The maximum Gasteiger partial charge on any atom is 0.272 e. The fourth-order valence-corrected chi connectivity index (χ4v) is 6.16. The fourth-order valence-electron chi connectivity index (χ4n) is 6.16. The van der Waals surface area contributed by atoms with Crippen LogP contribution in [0.2, 0.25) is 0 Å². The van der Waals surface area contributed by atoms with Crippen molar-refractivity contribution in [1.29, 1.82) is 0 Å². The minimum Gasteiger partial charge on any atom is -0.267 e. The van der Waals surface area contributed by atoms with Crippen molar-refractivity contribution in [2.45, 2.75) is 0 Å². The van der Waals surface area contributed by atoms with E-state index in [0.29, 0.717) is 34.2 Å². The van der Waals surface area contributed by atoms with E-state index in [2.05, 4.69) is 9.97 Å². The van der Waals surface area contributed by atoms with Crippen LogP contribution in [-0.2, 0) is 9.59 Å². The van der Waals surface area contributed by atoms with E-state index in [1.54, 1.807) is 85.2 Å². The molecule has 0 aliphatic carbocycles. The third kappa shape index (κ3) is 12.2. The average molecular weight is 843 g/mol. The summed E-state index contributed by atoms with van der Waals surface area (Å²) in [6.07, 6.45) is 9.27. The first kappa shape index (κ1) is 43.3. The standard InChI is InChI=1S/2C27H20FN3O/c2*28-24-17-14-21(15-18-24)16-19-26(32)31(25-13-7-8-20-29-25)30-27(22-9-3-1-4-10-22)23-11-5-2-6-12-23/h2*1-20H/b2*19-16+. The zero-order chi connectivity index (χ0) is 44.4. The number of carbonyl (C=O) groups excluding carboxylic acids is 2. The van der Waals surface area contributed by atoms with Crippen LogP contribution in [0.1, 0.15) is 33.4 Å². The Morgan fingerprint density at radius 3 is 0.969 bits per heavy atom. The zero-order valence-electron chi connectivity index (χ0n) is 34.3. The number of hydrogen-bond donors (Lipinski definition) is 0. The predicted molar refractivity (Wildman–Crippen MR) is 251 cm³/mol. The molecule has 8 rings (SSSR count). The van der Waals surface area contributed by atoms with Crippen LogP contribution in [0.15, 0.2) is 241 Å². The van der Waals surface area contributed by atoms with Crippen molar-refractivity contribution in [3.8, 4) is 0 Å².